The van der Waals surface area contributed by atoms with Gasteiger partial charge in [0.25, 0.3) is 0 Å². The standard InChI is InChI=1S/C21H28N2O6/c1-4-5-6-7-12-22-19(25)14-9-11-16(24)23(14)20-13-8-10-15(27-2)18(28-3)17(13)21(26)29-20/h8,10,14,20H,4-7,9,11-12H2,1-3H3,(H,22,25)/t14-,20+/m0/s1. The minimum absolute atomic E-state index is 0.211. The largest absolute Gasteiger partial charge is 0.493 e. The average Bonchev–Trinajstić information content (AvgIpc) is 3.26. The van der Waals surface area contributed by atoms with Crippen LogP contribution >= 0.6 is 0 Å². The van der Waals surface area contributed by atoms with Crippen LogP contribution in [-0.4, -0.2) is 49.5 Å². The van der Waals surface area contributed by atoms with Gasteiger partial charge in [0.15, 0.2) is 11.5 Å². The highest BCUT2D eigenvalue weighted by Crippen LogP contribution is 2.45. The molecule has 2 heterocycles. The lowest BCUT2D eigenvalue weighted by molar-refractivity contribution is -0.145. The van der Waals surface area contributed by atoms with E-state index in [9.17, 15) is 14.4 Å². The van der Waals surface area contributed by atoms with Gasteiger partial charge in [-0.05, 0) is 25.0 Å². The molecule has 2 aliphatic heterocycles. The Morgan fingerprint density at radius 3 is 2.69 bits per heavy atom. The number of methoxy groups -OCH3 is 2. The van der Waals surface area contributed by atoms with Crippen LogP contribution in [0, 0.1) is 0 Å². The molecule has 0 aliphatic carbocycles. The van der Waals surface area contributed by atoms with Crippen molar-refractivity contribution in [3.05, 3.63) is 23.3 Å². The summed E-state index contributed by atoms with van der Waals surface area (Å²) in [5.74, 6) is -0.355. The van der Waals surface area contributed by atoms with Gasteiger partial charge in [0.2, 0.25) is 18.0 Å². The first-order chi connectivity index (χ1) is 14.0. The number of nitrogens with one attached hydrogen (secondary N) is 1. The molecule has 1 aromatic rings. The van der Waals surface area contributed by atoms with Crippen molar-refractivity contribution in [3.8, 4) is 11.5 Å². The quantitative estimate of drug-likeness (QED) is 0.502. The molecule has 1 fully saturated rings. The van der Waals surface area contributed by atoms with Crippen molar-refractivity contribution in [3.63, 3.8) is 0 Å². The van der Waals surface area contributed by atoms with Crippen LogP contribution < -0.4 is 14.8 Å². The summed E-state index contributed by atoms with van der Waals surface area (Å²) < 4.78 is 16.1. The summed E-state index contributed by atoms with van der Waals surface area (Å²) in [6, 6.07) is 2.68. The molecular formula is C21H28N2O6. The number of benzene rings is 1. The molecule has 158 valence electrons. The molecule has 0 saturated carbocycles. The number of cyclic esters (lactones) is 1. The number of hydrogen-bond donors (Lipinski definition) is 1. The summed E-state index contributed by atoms with van der Waals surface area (Å²) in [5.41, 5.74) is 0.735. The van der Waals surface area contributed by atoms with Gasteiger partial charge in [-0.3, -0.25) is 14.5 Å². The molecule has 1 aromatic carbocycles. The number of ether oxygens (including phenoxy) is 3. The molecule has 0 spiro atoms. The monoisotopic (exact) mass is 404 g/mol. The summed E-state index contributed by atoms with van der Waals surface area (Å²) in [6.45, 7) is 2.70. The Balaban J connectivity index is 1.80. The third-order valence-electron chi connectivity index (χ3n) is 5.41. The Bertz CT molecular complexity index is 794. The van der Waals surface area contributed by atoms with E-state index in [0.717, 1.165) is 25.7 Å². The molecule has 0 bridgehead atoms. The van der Waals surface area contributed by atoms with Crippen molar-refractivity contribution in [1.29, 1.82) is 0 Å². The highest BCUT2D eigenvalue weighted by atomic mass is 16.6. The minimum Gasteiger partial charge on any atom is -0.493 e. The minimum atomic E-state index is -0.942. The summed E-state index contributed by atoms with van der Waals surface area (Å²) in [6.07, 6.45) is 3.91. The first kappa shape index (κ1) is 21.0. The lowest BCUT2D eigenvalue weighted by Gasteiger charge is -2.29. The maximum atomic E-state index is 12.7. The Labute approximate surface area is 170 Å². The smallest absolute Gasteiger partial charge is 0.344 e. The fourth-order valence-electron chi connectivity index (χ4n) is 3.92. The summed E-state index contributed by atoms with van der Waals surface area (Å²) in [4.78, 5) is 39.2. The van der Waals surface area contributed by atoms with Crippen LogP contribution in [0.15, 0.2) is 12.1 Å². The van der Waals surface area contributed by atoms with E-state index in [1.807, 2.05) is 0 Å². The number of fused-ring (bicyclic) bond motifs is 1. The topological polar surface area (TPSA) is 94.2 Å². The van der Waals surface area contributed by atoms with Crippen LogP contribution in [0.25, 0.3) is 0 Å². The highest BCUT2D eigenvalue weighted by molar-refractivity contribution is 5.99. The maximum absolute atomic E-state index is 12.7. The molecule has 0 unspecified atom stereocenters. The van der Waals surface area contributed by atoms with Gasteiger partial charge in [-0.2, -0.15) is 0 Å². The molecule has 0 radical (unpaired) electrons. The van der Waals surface area contributed by atoms with E-state index < -0.39 is 18.2 Å². The van der Waals surface area contributed by atoms with Crippen molar-refractivity contribution in [2.75, 3.05) is 20.8 Å². The maximum Gasteiger partial charge on any atom is 0.344 e. The van der Waals surface area contributed by atoms with Crippen LogP contribution in [0.3, 0.4) is 0 Å². The van der Waals surface area contributed by atoms with Crippen LogP contribution in [-0.2, 0) is 14.3 Å². The third-order valence-corrected chi connectivity index (χ3v) is 5.41. The summed E-state index contributed by atoms with van der Waals surface area (Å²) in [5, 5.41) is 2.92. The number of carbonyl (C=O) groups is 3. The van der Waals surface area contributed by atoms with E-state index in [-0.39, 0.29) is 29.5 Å². The van der Waals surface area contributed by atoms with Crippen LogP contribution in [0.1, 0.15) is 67.6 Å². The fourth-order valence-corrected chi connectivity index (χ4v) is 3.92. The number of hydrogen-bond acceptors (Lipinski definition) is 6. The second-order valence-corrected chi connectivity index (χ2v) is 7.23. The molecule has 29 heavy (non-hydrogen) atoms. The van der Waals surface area contributed by atoms with Gasteiger partial charge < -0.3 is 19.5 Å². The van der Waals surface area contributed by atoms with E-state index in [4.69, 9.17) is 14.2 Å². The van der Waals surface area contributed by atoms with Crippen LogP contribution in [0.5, 0.6) is 11.5 Å². The molecule has 8 nitrogen and oxygen atoms in total. The van der Waals surface area contributed by atoms with Gasteiger partial charge in [0.1, 0.15) is 11.6 Å². The lowest BCUT2D eigenvalue weighted by atomic mass is 10.1. The molecular weight excluding hydrogens is 376 g/mol. The molecule has 0 aromatic heterocycles. The molecule has 2 amide bonds. The van der Waals surface area contributed by atoms with Gasteiger partial charge in [0, 0.05) is 18.5 Å². The van der Waals surface area contributed by atoms with Gasteiger partial charge in [0.05, 0.1) is 14.2 Å². The van der Waals surface area contributed by atoms with Crippen molar-refractivity contribution in [2.24, 2.45) is 0 Å². The third kappa shape index (κ3) is 4.02. The molecule has 8 heteroatoms. The van der Waals surface area contributed by atoms with E-state index in [0.29, 0.717) is 24.3 Å². The first-order valence-corrected chi connectivity index (χ1v) is 10.1. The molecule has 1 N–H and O–H groups in total. The van der Waals surface area contributed by atoms with Crippen LogP contribution in [0.4, 0.5) is 0 Å². The number of esters is 1. The van der Waals surface area contributed by atoms with E-state index in [2.05, 4.69) is 12.2 Å². The van der Waals surface area contributed by atoms with E-state index in [1.54, 1.807) is 12.1 Å². The Morgan fingerprint density at radius 1 is 1.21 bits per heavy atom. The SMILES string of the molecule is CCCCCCNC(=O)[C@@H]1CCC(=O)N1[C@@H]1OC(=O)c2c1ccc(OC)c2OC. The van der Waals surface area contributed by atoms with Crippen molar-refractivity contribution < 1.29 is 28.6 Å². The molecule has 3 rings (SSSR count). The zero-order valence-corrected chi connectivity index (χ0v) is 17.2. The molecule has 2 aliphatic rings. The normalized spacial score (nSPS) is 20.4. The Morgan fingerprint density at radius 2 is 2.00 bits per heavy atom. The molecule has 1 saturated heterocycles. The van der Waals surface area contributed by atoms with E-state index in [1.165, 1.54) is 19.1 Å². The zero-order valence-electron chi connectivity index (χ0n) is 17.2. The number of carbonyl (C=O) groups excluding carboxylic acids is 3. The lowest BCUT2D eigenvalue weighted by Crippen LogP contribution is -2.46. The van der Waals surface area contributed by atoms with Crippen molar-refractivity contribution in [2.45, 2.75) is 57.7 Å². The van der Waals surface area contributed by atoms with Crippen molar-refractivity contribution in [1.82, 2.24) is 10.2 Å². The van der Waals surface area contributed by atoms with E-state index >= 15 is 0 Å². The van der Waals surface area contributed by atoms with Crippen molar-refractivity contribution >= 4 is 17.8 Å². The number of likely N-dealkylation sites (tertiary alicyclic amines) is 1. The predicted molar refractivity (Wildman–Crippen MR) is 105 cm³/mol. The number of nitrogens with zero attached hydrogens (tertiary/aromatic N) is 1. The van der Waals surface area contributed by atoms with Gasteiger partial charge >= 0.3 is 5.97 Å². The Kier molecular flexibility index (Phi) is 6.61. The van der Waals surface area contributed by atoms with Gasteiger partial charge in [-0.15, -0.1) is 0 Å². The summed E-state index contributed by atoms with van der Waals surface area (Å²) in [7, 11) is 2.92. The number of unbranched alkanes of at least 4 members (excludes halogenated alkanes) is 3. The number of rotatable bonds is 9. The Hall–Kier alpha value is -2.77. The van der Waals surface area contributed by atoms with Gasteiger partial charge in [-0.1, -0.05) is 26.2 Å². The first-order valence-electron chi connectivity index (χ1n) is 10.1. The average molecular weight is 404 g/mol. The second kappa shape index (κ2) is 9.15. The molecule has 2 atom stereocenters. The summed E-state index contributed by atoms with van der Waals surface area (Å²) >= 11 is 0. The zero-order chi connectivity index (χ0) is 21.0. The fraction of sp³-hybridized carbons (Fsp3) is 0.571. The highest BCUT2D eigenvalue weighted by Gasteiger charge is 2.47. The van der Waals surface area contributed by atoms with Gasteiger partial charge in [-0.25, -0.2) is 4.79 Å². The second-order valence-electron chi connectivity index (χ2n) is 7.23. The van der Waals surface area contributed by atoms with Crippen LogP contribution in [0.2, 0.25) is 0 Å². The number of amides is 2. The predicted octanol–water partition coefficient (Wildman–Crippen LogP) is 2.56.